The number of hydrogen-bond donors (Lipinski definition) is 2. The molecule has 6 heteroatoms. The number of aliphatic hydroxyl groups is 1. The number of benzene rings is 1. The molecule has 0 aromatic heterocycles. The van der Waals surface area contributed by atoms with E-state index < -0.39 is 30.7 Å². The molecule has 0 bridgehead atoms. The lowest BCUT2D eigenvalue weighted by Gasteiger charge is -2.30. The molecular formula is C12H15F4NO. The van der Waals surface area contributed by atoms with Gasteiger partial charge >= 0.3 is 6.18 Å². The molecule has 0 saturated heterocycles. The molecule has 0 heterocycles. The van der Waals surface area contributed by atoms with E-state index in [0.29, 0.717) is 5.56 Å². The molecule has 0 fully saturated rings. The highest BCUT2D eigenvalue weighted by Crippen LogP contribution is 2.24. The van der Waals surface area contributed by atoms with Gasteiger partial charge in [-0.1, -0.05) is 12.1 Å². The summed E-state index contributed by atoms with van der Waals surface area (Å²) < 4.78 is 49.9. The van der Waals surface area contributed by atoms with Crippen LogP contribution in [0.2, 0.25) is 0 Å². The summed E-state index contributed by atoms with van der Waals surface area (Å²) in [5, 5.41) is 11.5. The smallest absolute Gasteiger partial charge is 0.394 e. The van der Waals surface area contributed by atoms with Crippen LogP contribution in [0.15, 0.2) is 18.2 Å². The molecule has 18 heavy (non-hydrogen) atoms. The van der Waals surface area contributed by atoms with Gasteiger partial charge in [-0.25, -0.2) is 4.39 Å². The largest absolute Gasteiger partial charge is 0.401 e. The van der Waals surface area contributed by atoms with E-state index in [4.69, 9.17) is 0 Å². The molecule has 2 nitrogen and oxygen atoms in total. The van der Waals surface area contributed by atoms with Crippen molar-refractivity contribution in [1.29, 1.82) is 0 Å². The number of hydrogen-bond acceptors (Lipinski definition) is 2. The predicted molar refractivity (Wildman–Crippen MR) is 59.6 cm³/mol. The van der Waals surface area contributed by atoms with Crippen molar-refractivity contribution >= 4 is 0 Å². The van der Waals surface area contributed by atoms with Crippen molar-refractivity contribution in [2.75, 3.05) is 13.2 Å². The monoisotopic (exact) mass is 265 g/mol. The SMILES string of the molecule is Cc1ccc(C(C)(CO)NCC(F)(F)F)cc1F. The highest BCUT2D eigenvalue weighted by atomic mass is 19.4. The van der Waals surface area contributed by atoms with Crippen molar-refractivity contribution in [2.45, 2.75) is 25.6 Å². The van der Waals surface area contributed by atoms with Crippen LogP contribution in [0.25, 0.3) is 0 Å². The molecule has 0 saturated carbocycles. The standard InChI is InChI=1S/C12H15F4NO/c1-8-3-4-9(5-10(8)13)11(2,7-18)17-6-12(14,15)16/h3-5,17-18H,6-7H2,1-2H3. The molecule has 0 spiro atoms. The van der Waals surface area contributed by atoms with E-state index in [0.717, 1.165) is 6.07 Å². The molecule has 0 aliphatic carbocycles. The first-order chi connectivity index (χ1) is 8.18. The quantitative estimate of drug-likeness (QED) is 0.820. The summed E-state index contributed by atoms with van der Waals surface area (Å²) in [7, 11) is 0. The van der Waals surface area contributed by atoms with Crippen LogP contribution in [-0.4, -0.2) is 24.4 Å². The van der Waals surface area contributed by atoms with Gasteiger partial charge in [0.1, 0.15) is 5.82 Å². The Hall–Kier alpha value is -1.14. The van der Waals surface area contributed by atoms with Crippen LogP contribution in [0.3, 0.4) is 0 Å². The average Bonchev–Trinajstić information content (AvgIpc) is 2.28. The zero-order valence-electron chi connectivity index (χ0n) is 10.1. The van der Waals surface area contributed by atoms with Crippen LogP contribution in [0.1, 0.15) is 18.1 Å². The lowest BCUT2D eigenvalue weighted by Crippen LogP contribution is -2.47. The lowest BCUT2D eigenvalue weighted by atomic mass is 9.92. The summed E-state index contributed by atoms with van der Waals surface area (Å²) in [6, 6.07) is 4.10. The number of aliphatic hydroxyl groups excluding tert-OH is 1. The Kier molecular flexibility index (Phi) is 4.34. The van der Waals surface area contributed by atoms with E-state index in [2.05, 4.69) is 5.32 Å². The lowest BCUT2D eigenvalue weighted by molar-refractivity contribution is -0.129. The fourth-order valence-corrected chi connectivity index (χ4v) is 1.48. The van der Waals surface area contributed by atoms with E-state index in [1.807, 2.05) is 0 Å². The fraction of sp³-hybridized carbons (Fsp3) is 0.500. The number of halogens is 4. The first-order valence-electron chi connectivity index (χ1n) is 5.37. The number of rotatable bonds is 4. The van der Waals surface area contributed by atoms with Crippen molar-refractivity contribution in [3.8, 4) is 0 Å². The minimum atomic E-state index is -4.39. The maximum Gasteiger partial charge on any atom is 0.401 e. The van der Waals surface area contributed by atoms with Gasteiger partial charge in [-0.2, -0.15) is 13.2 Å². The Balaban J connectivity index is 2.96. The van der Waals surface area contributed by atoms with Crippen molar-refractivity contribution in [1.82, 2.24) is 5.32 Å². The maximum absolute atomic E-state index is 13.4. The van der Waals surface area contributed by atoms with E-state index >= 15 is 0 Å². The first kappa shape index (κ1) is 14.9. The van der Waals surface area contributed by atoms with Crippen LogP contribution in [-0.2, 0) is 5.54 Å². The topological polar surface area (TPSA) is 32.3 Å². The van der Waals surface area contributed by atoms with Crippen LogP contribution in [0, 0.1) is 12.7 Å². The van der Waals surface area contributed by atoms with E-state index in [1.54, 1.807) is 6.92 Å². The summed E-state index contributed by atoms with van der Waals surface area (Å²) in [5.74, 6) is -0.513. The molecule has 0 radical (unpaired) electrons. The van der Waals surface area contributed by atoms with Gasteiger partial charge < -0.3 is 5.11 Å². The molecule has 1 aromatic rings. The molecule has 0 amide bonds. The fourth-order valence-electron chi connectivity index (χ4n) is 1.48. The van der Waals surface area contributed by atoms with Crippen molar-refractivity contribution < 1.29 is 22.7 Å². The minimum Gasteiger partial charge on any atom is -0.394 e. The summed E-state index contributed by atoms with van der Waals surface area (Å²) in [6.45, 7) is 1.13. The molecule has 1 atom stereocenters. The number of aryl methyl sites for hydroxylation is 1. The maximum atomic E-state index is 13.4. The Morgan fingerprint density at radius 1 is 1.28 bits per heavy atom. The van der Waals surface area contributed by atoms with Gasteiger partial charge in [-0.3, -0.25) is 5.32 Å². The zero-order valence-corrected chi connectivity index (χ0v) is 10.1. The second-order valence-corrected chi connectivity index (χ2v) is 4.42. The van der Waals surface area contributed by atoms with Crippen LogP contribution in [0.4, 0.5) is 17.6 Å². The zero-order chi connectivity index (χ0) is 14.0. The summed E-state index contributed by atoms with van der Waals surface area (Å²) in [5.41, 5.74) is -0.656. The van der Waals surface area contributed by atoms with E-state index in [9.17, 15) is 22.7 Å². The number of alkyl halides is 3. The Morgan fingerprint density at radius 2 is 1.89 bits per heavy atom. The predicted octanol–water partition coefficient (Wildman–Crippen LogP) is 2.49. The minimum absolute atomic E-state index is 0.275. The second kappa shape index (κ2) is 5.24. The van der Waals surface area contributed by atoms with Crippen molar-refractivity contribution in [3.05, 3.63) is 35.1 Å². The molecule has 102 valence electrons. The third kappa shape index (κ3) is 3.68. The van der Waals surface area contributed by atoms with Gasteiger partial charge in [0, 0.05) is 0 Å². The third-order valence-electron chi connectivity index (χ3n) is 2.80. The molecular weight excluding hydrogens is 250 g/mol. The molecule has 2 N–H and O–H groups in total. The molecule has 1 rings (SSSR count). The molecule has 1 unspecified atom stereocenters. The van der Waals surface area contributed by atoms with Gasteiger partial charge in [0.2, 0.25) is 0 Å². The normalized spacial score (nSPS) is 15.5. The average molecular weight is 265 g/mol. The van der Waals surface area contributed by atoms with E-state index in [1.165, 1.54) is 19.1 Å². The Bertz CT molecular complexity index is 419. The van der Waals surface area contributed by atoms with Crippen molar-refractivity contribution in [2.24, 2.45) is 0 Å². The molecule has 0 aliphatic heterocycles. The Labute approximate surface area is 103 Å². The second-order valence-electron chi connectivity index (χ2n) is 4.42. The van der Waals surface area contributed by atoms with Crippen LogP contribution >= 0.6 is 0 Å². The van der Waals surface area contributed by atoms with E-state index in [-0.39, 0.29) is 5.56 Å². The summed E-state index contributed by atoms with van der Waals surface area (Å²) in [4.78, 5) is 0. The van der Waals surface area contributed by atoms with Gasteiger partial charge in [-0.15, -0.1) is 0 Å². The van der Waals surface area contributed by atoms with Gasteiger partial charge in [0.05, 0.1) is 18.7 Å². The van der Waals surface area contributed by atoms with Gasteiger partial charge in [-0.05, 0) is 31.0 Å². The van der Waals surface area contributed by atoms with Crippen LogP contribution in [0.5, 0.6) is 0 Å². The highest BCUT2D eigenvalue weighted by molar-refractivity contribution is 5.29. The van der Waals surface area contributed by atoms with Gasteiger partial charge in [0.25, 0.3) is 0 Å². The molecule has 1 aromatic carbocycles. The van der Waals surface area contributed by atoms with Crippen LogP contribution < -0.4 is 5.32 Å². The van der Waals surface area contributed by atoms with Gasteiger partial charge in [0.15, 0.2) is 0 Å². The third-order valence-corrected chi connectivity index (χ3v) is 2.80. The Morgan fingerprint density at radius 3 is 2.33 bits per heavy atom. The summed E-state index contributed by atoms with van der Waals surface area (Å²) >= 11 is 0. The first-order valence-corrected chi connectivity index (χ1v) is 5.37. The number of nitrogens with one attached hydrogen (secondary N) is 1. The summed E-state index contributed by atoms with van der Waals surface area (Å²) in [6.07, 6.45) is -4.39. The highest BCUT2D eigenvalue weighted by Gasteiger charge is 2.33. The van der Waals surface area contributed by atoms with Crippen molar-refractivity contribution in [3.63, 3.8) is 0 Å². The molecule has 0 aliphatic rings.